The molecule has 0 aliphatic rings. The number of hydrogen-bond donors (Lipinski definition) is 1. The number of nitrogens with one attached hydrogen (secondary N) is 1. The van der Waals surface area contributed by atoms with Crippen LogP contribution >= 0.6 is 0 Å². The monoisotopic (exact) mass is 421 g/mol. The number of hydrogen-bond acceptors (Lipinski definition) is 3. The summed E-state index contributed by atoms with van der Waals surface area (Å²) < 4.78 is 8.23. The predicted molar refractivity (Wildman–Crippen MR) is 127 cm³/mol. The summed E-state index contributed by atoms with van der Waals surface area (Å²) in [7, 11) is 0. The summed E-state index contributed by atoms with van der Waals surface area (Å²) >= 11 is 0. The minimum Gasteiger partial charge on any atom is -0.494 e. The smallest absolute Gasteiger partial charge is 0.219 e. The van der Waals surface area contributed by atoms with E-state index in [2.05, 4.69) is 60.1 Å². The maximum Gasteiger partial charge on any atom is 0.219 e. The summed E-state index contributed by atoms with van der Waals surface area (Å²) in [6.45, 7) is 8.55. The fraction of sp³-hybridized carbons (Fsp3) is 0.462. The molecule has 1 amide bonds. The normalized spacial score (nSPS) is 12.1. The Morgan fingerprint density at radius 3 is 2.61 bits per heavy atom. The average molecular weight is 422 g/mol. The number of amides is 1. The van der Waals surface area contributed by atoms with Gasteiger partial charge in [0.1, 0.15) is 11.6 Å². The first kappa shape index (κ1) is 22.9. The molecule has 0 aliphatic heterocycles. The Labute approximate surface area is 185 Å². The molecule has 0 fully saturated rings. The largest absolute Gasteiger partial charge is 0.494 e. The van der Waals surface area contributed by atoms with Gasteiger partial charge in [0.25, 0.3) is 0 Å². The van der Waals surface area contributed by atoms with Crippen molar-refractivity contribution in [2.45, 2.75) is 65.3 Å². The van der Waals surface area contributed by atoms with E-state index in [0.29, 0.717) is 25.5 Å². The molecule has 1 aromatic heterocycles. The number of fused-ring (bicyclic) bond motifs is 1. The number of nitrogens with zero attached hydrogens (tertiary/aromatic N) is 2. The first-order valence-electron chi connectivity index (χ1n) is 11.6. The summed E-state index contributed by atoms with van der Waals surface area (Å²) in [5.41, 5.74) is 3.53. The number of benzene rings is 2. The number of carbonyl (C=O) groups is 1. The van der Waals surface area contributed by atoms with Gasteiger partial charge in [0.05, 0.1) is 17.6 Å². The van der Waals surface area contributed by atoms with E-state index in [0.717, 1.165) is 54.8 Å². The van der Waals surface area contributed by atoms with Gasteiger partial charge < -0.3 is 14.6 Å². The van der Waals surface area contributed by atoms with Crippen LogP contribution < -0.4 is 10.1 Å². The van der Waals surface area contributed by atoms with Crippen LogP contribution in [0.1, 0.15) is 63.8 Å². The minimum absolute atomic E-state index is 0.0806. The SMILES string of the molecule is CCC(=O)NCCc1nc2ccccc2n1CCCCOc1ccc(C(C)CC)cc1. The molecule has 1 heterocycles. The third-order valence-electron chi connectivity index (χ3n) is 5.83. The molecular formula is C26H35N3O2. The van der Waals surface area contributed by atoms with Crippen molar-refractivity contribution in [1.29, 1.82) is 0 Å². The predicted octanol–water partition coefficient (Wildman–Crippen LogP) is 5.48. The van der Waals surface area contributed by atoms with Crippen LogP contribution in [0.2, 0.25) is 0 Å². The quantitative estimate of drug-likeness (QED) is 0.394. The highest BCUT2D eigenvalue weighted by Gasteiger charge is 2.10. The zero-order valence-corrected chi connectivity index (χ0v) is 19.1. The van der Waals surface area contributed by atoms with Crippen molar-refractivity contribution in [1.82, 2.24) is 14.9 Å². The van der Waals surface area contributed by atoms with E-state index in [1.54, 1.807) is 0 Å². The van der Waals surface area contributed by atoms with E-state index >= 15 is 0 Å². The molecule has 3 rings (SSSR count). The molecule has 1 unspecified atom stereocenters. The minimum atomic E-state index is 0.0806. The van der Waals surface area contributed by atoms with Crippen molar-refractivity contribution < 1.29 is 9.53 Å². The second kappa shape index (κ2) is 11.5. The Kier molecular flexibility index (Phi) is 8.51. The Hall–Kier alpha value is -2.82. The van der Waals surface area contributed by atoms with E-state index < -0.39 is 0 Å². The molecular weight excluding hydrogens is 386 g/mol. The van der Waals surface area contributed by atoms with Crippen LogP contribution in [0.15, 0.2) is 48.5 Å². The van der Waals surface area contributed by atoms with Gasteiger partial charge in [-0.2, -0.15) is 0 Å². The van der Waals surface area contributed by atoms with Gasteiger partial charge in [-0.3, -0.25) is 4.79 Å². The fourth-order valence-corrected chi connectivity index (χ4v) is 3.69. The molecule has 0 radical (unpaired) electrons. The van der Waals surface area contributed by atoms with Crippen LogP contribution in [0.5, 0.6) is 5.75 Å². The summed E-state index contributed by atoms with van der Waals surface area (Å²) in [6, 6.07) is 16.7. The van der Waals surface area contributed by atoms with Crippen molar-refractivity contribution in [2.24, 2.45) is 0 Å². The van der Waals surface area contributed by atoms with Gasteiger partial charge in [-0.05, 0) is 55.0 Å². The van der Waals surface area contributed by atoms with Crippen LogP contribution in [0, 0.1) is 0 Å². The van der Waals surface area contributed by atoms with Crippen molar-refractivity contribution in [2.75, 3.05) is 13.2 Å². The lowest BCUT2D eigenvalue weighted by Crippen LogP contribution is -2.25. The molecule has 2 aromatic carbocycles. The standard InChI is InChI=1S/C26H35N3O2/c1-4-20(3)21-12-14-22(15-13-21)31-19-9-8-18-29-24-11-7-6-10-23(24)28-25(29)16-17-27-26(30)5-2/h6-7,10-15,20H,4-5,8-9,16-19H2,1-3H3,(H,27,30). The number of carbonyl (C=O) groups excluding carboxylic acids is 1. The van der Waals surface area contributed by atoms with E-state index in [4.69, 9.17) is 9.72 Å². The molecule has 3 aromatic rings. The highest BCUT2D eigenvalue weighted by molar-refractivity contribution is 5.76. The lowest BCUT2D eigenvalue weighted by atomic mass is 9.99. The van der Waals surface area contributed by atoms with Gasteiger partial charge in [0.15, 0.2) is 0 Å². The lowest BCUT2D eigenvalue weighted by Gasteiger charge is -2.12. The van der Waals surface area contributed by atoms with Crippen LogP contribution in [0.3, 0.4) is 0 Å². The number of imidazole rings is 1. The molecule has 0 saturated heterocycles. The first-order chi connectivity index (χ1) is 15.1. The van der Waals surface area contributed by atoms with Crippen molar-refractivity contribution >= 4 is 16.9 Å². The van der Waals surface area contributed by atoms with E-state index in [-0.39, 0.29) is 5.91 Å². The second-order valence-corrected chi connectivity index (χ2v) is 8.06. The zero-order chi connectivity index (χ0) is 22.1. The molecule has 0 saturated carbocycles. The molecule has 0 aliphatic carbocycles. The molecule has 1 N–H and O–H groups in total. The zero-order valence-electron chi connectivity index (χ0n) is 19.1. The molecule has 0 bridgehead atoms. The van der Waals surface area contributed by atoms with Crippen molar-refractivity contribution in [3.8, 4) is 5.75 Å². The summed E-state index contributed by atoms with van der Waals surface area (Å²) in [5.74, 6) is 2.63. The van der Waals surface area contributed by atoms with E-state index in [9.17, 15) is 4.79 Å². The molecule has 0 spiro atoms. The average Bonchev–Trinajstić information content (AvgIpc) is 3.16. The summed E-state index contributed by atoms with van der Waals surface area (Å²) in [4.78, 5) is 16.3. The Balaban J connectivity index is 1.51. The van der Waals surface area contributed by atoms with Crippen molar-refractivity contribution in [3.05, 3.63) is 59.9 Å². The van der Waals surface area contributed by atoms with Crippen LogP contribution in [0.25, 0.3) is 11.0 Å². The maximum absolute atomic E-state index is 11.5. The van der Waals surface area contributed by atoms with Gasteiger partial charge in [0.2, 0.25) is 5.91 Å². The van der Waals surface area contributed by atoms with E-state index in [1.807, 2.05) is 19.1 Å². The van der Waals surface area contributed by atoms with Crippen LogP contribution in [-0.2, 0) is 17.8 Å². The number of aryl methyl sites for hydroxylation is 1. The second-order valence-electron chi connectivity index (χ2n) is 8.06. The Bertz CT molecular complexity index is 962. The molecule has 1 atom stereocenters. The lowest BCUT2D eigenvalue weighted by molar-refractivity contribution is -0.120. The number of para-hydroxylation sites is 2. The van der Waals surface area contributed by atoms with Gasteiger partial charge in [-0.1, -0.05) is 45.0 Å². The van der Waals surface area contributed by atoms with Gasteiger partial charge in [-0.15, -0.1) is 0 Å². The molecule has 5 nitrogen and oxygen atoms in total. The third-order valence-corrected chi connectivity index (χ3v) is 5.83. The maximum atomic E-state index is 11.5. The van der Waals surface area contributed by atoms with Gasteiger partial charge in [-0.25, -0.2) is 4.98 Å². The van der Waals surface area contributed by atoms with Gasteiger partial charge >= 0.3 is 0 Å². The fourth-order valence-electron chi connectivity index (χ4n) is 3.69. The van der Waals surface area contributed by atoms with Crippen molar-refractivity contribution in [3.63, 3.8) is 0 Å². The van der Waals surface area contributed by atoms with Crippen LogP contribution in [0.4, 0.5) is 0 Å². The highest BCUT2D eigenvalue weighted by atomic mass is 16.5. The molecule has 5 heteroatoms. The van der Waals surface area contributed by atoms with Crippen LogP contribution in [-0.4, -0.2) is 28.6 Å². The Morgan fingerprint density at radius 2 is 1.87 bits per heavy atom. The topological polar surface area (TPSA) is 56.2 Å². The molecule has 166 valence electrons. The number of ether oxygens (including phenoxy) is 1. The molecule has 31 heavy (non-hydrogen) atoms. The summed E-state index contributed by atoms with van der Waals surface area (Å²) in [5, 5.41) is 2.95. The van der Waals surface area contributed by atoms with Gasteiger partial charge in [0, 0.05) is 25.9 Å². The highest BCUT2D eigenvalue weighted by Crippen LogP contribution is 2.22. The Morgan fingerprint density at radius 1 is 1.10 bits per heavy atom. The number of unbranched alkanes of at least 4 members (excludes halogenated alkanes) is 1. The third kappa shape index (κ3) is 6.33. The number of rotatable bonds is 12. The van der Waals surface area contributed by atoms with E-state index in [1.165, 1.54) is 5.56 Å². The first-order valence-corrected chi connectivity index (χ1v) is 11.6. The summed E-state index contributed by atoms with van der Waals surface area (Å²) in [6.07, 6.45) is 4.39. The number of aromatic nitrogens is 2.